The number of likely N-dealkylation sites (N-methyl/N-ethyl adjacent to an activating group) is 1. The Hall–Kier alpha value is -3.13. The maximum Gasteiger partial charge on any atom is 0.152 e. The molecule has 0 radical (unpaired) electrons. The summed E-state index contributed by atoms with van der Waals surface area (Å²) >= 11 is 0. The van der Waals surface area contributed by atoms with E-state index in [1.807, 2.05) is 42.5 Å². The number of hydrogen-bond donors (Lipinski definition) is 1. The molecule has 6 nitrogen and oxygen atoms in total. The van der Waals surface area contributed by atoms with E-state index in [2.05, 4.69) is 27.1 Å². The average Bonchev–Trinajstić information content (AvgIpc) is 2.86. The Morgan fingerprint density at radius 2 is 1.80 bits per heavy atom. The number of Topliss-reactive ketones (excluding diaryl/α,β-unsaturated/α-hetero) is 1. The second-order valence-corrected chi connectivity index (χ2v) is 9.00. The van der Waals surface area contributed by atoms with Crippen LogP contribution in [0.15, 0.2) is 66.9 Å². The number of hydrogen-bond acceptors (Lipinski definition) is 6. The first-order valence-electron chi connectivity index (χ1n) is 12.1. The molecule has 1 fully saturated rings. The van der Waals surface area contributed by atoms with Crippen molar-refractivity contribution in [3.05, 3.63) is 83.9 Å². The summed E-state index contributed by atoms with van der Waals surface area (Å²) in [6.07, 6.45) is 2.06. The number of piperazine rings is 1. The Labute approximate surface area is 206 Å². The monoisotopic (exact) mass is 476 g/mol. The van der Waals surface area contributed by atoms with Crippen LogP contribution < -0.4 is 10.1 Å². The molecule has 1 aliphatic heterocycles. The molecule has 2 aromatic carbocycles. The van der Waals surface area contributed by atoms with Crippen LogP contribution in [0.2, 0.25) is 0 Å². The molecule has 0 saturated carbocycles. The van der Waals surface area contributed by atoms with E-state index in [4.69, 9.17) is 4.74 Å². The van der Waals surface area contributed by atoms with Crippen molar-refractivity contribution in [3.8, 4) is 16.9 Å². The van der Waals surface area contributed by atoms with E-state index >= 15 is 0 Å². The van der Waals surface area contributed by atoms with Gasteiger partial charge < -0.3 is 15.0 Å². The lowest BCUT2D eigenvalue weighted by atomic mass is 10.1. The minimum Gasteiger partial charge on any atom is -0.492 e. The largest absolute Gasteiger partial charge is 0.492 e. The van der Waals surface area contributed by atoms with Crippen molar-refractivity contribution in [2.45, 2.75) is 13.0 Å². The van der Waals surface area contributed by atoms with E-state index in [0.717, 1.165) is 60.9 Å². The second-order valence-electron chi connectivity index (χ2n) is 9.00. The summed E-state index contributed by atoms with van der Waals surface area (Å²) in [5, 5.41) is 3.07. The molecule has 1 N–H and O–H groups in total. The molecule has 1 aromatic heterocycles. The predicted molar refractivity (Wildman–Crippen MR) is 136 cm³/mol. The van der Waals surface area contributed by atoms with E-state index in [1.165, 1.54) is 12.1 Å². The van der Waals surface area contributed by atoms with Crippen LogP contribution in [-0.2, 0) is 17.8 Å². The van der Waals surface area contributed by atoms with Crippen LogP contribution in [0.5, 0.6) is 5.75 Å². The average molecular weight is 477 g/mol. The first-order chi connectivity index (χ1) is 17.0. The highest BCUT2D eigenvalue weighted by Crippen LogP contribution is 2.22. The van der Waals surface area contributed by atoms with Crippen LogP contribution in [0.25, 0.3) is 11.1 Å². The van der Waals surface area contributed by atoms with Crippen molar-refractivity contribution in [1.82, 2.24) is 20.1 Å². The van der Waals surface area contributed by atoms with Gasteiger partial charge >= 0.3 is 0 Å². The van der Waals surface area contributed by atoms with Crippen LogP contribution in [0, 0.1) is 5.82 Å². The van der Waals surface area contributed by atoms with Gasteiger partial charge in [0.1, 0.15) is 18.2 Å². The number of carbonyl (C=O) groups is 1. The summed E-state index contributed by atoms with van der Waals surface area (Å²) in [5.74, 6) is 0.631. The molecule has 3 aromatic rings. The topological polar surface area (TPSA) is 57.7 Å². The third-order valence-corrected chi connectivity index (χ3v) is 6.20. The molecule has 0 spiro atoms. The van der Waals surface area contributed by atoms with E-state index in [9.17, 15) is 9.18 Å². The molecule has 0 bridgehead atoms. The minimum atomic E-state index is -0.275. The summed E-state index contributed by atoms with van der Waals surface area (Å²) in [5.41, 5.74) is 3.59. The predicted octanol–water partition coefficient (Wildman–Crippen LogP) is 3.42. The standard InChI is InChI=1S/C28H33FN4O2/c1-32-11-13-33(14-12-32)15-16-35-28-9-6-23(7-10-28)24-5-8-26(31-20-24)18-27(34)21-30-19-22-3-2-4-25(29)17-22/h2-10,17,20,30H,11-16,18-19,21H2,1H3. The molecule has 0 amide bonds. The Bertz CT molecular complexity index is 1080. The van der Waals surface area contributed by atoms with Crippen LogP contribution in [0.1, 0.15) is 11.3 Å². The van der Waals surface area contributed by atoms with Gasteiger partial charge in [-0.3, -0.25) is 14.7 Å². The van der Waals surface area contributed by atoms with Crippen LogP contribution in [-0.4, -0.2) is 73.5 Å². The highest BCUT2D eigenvalue weighted by atomic mass is 19.1. The highest BCUT2D eigenvalue weighted by Gasteiger charge is 2.13. The number of nitrogens with one attached hydrogen (secondary N) is 1. The molecule has 1 saturated heterocycles. The van der Waals surface area contributed by atoms with Gasteiger partial charge in [0, 0.05) is 56.7 Å². The molecule has 1 aliphatic rings. The number of ether oxygens (including phenoxy) is 1. The number of rotatable bonds is 11. The van der Waals surface area contributed by atoms with E-state index in [-0.39, 0.29) is 24.6 Å². The number of halogens is 1. The molecule has 7 heteroatoms. The van der Waals surface area contributed by atoms with E-state index in [0.29, 0.717) is 13.2 Å². The molecule has 0 atom stereocenters. The van der Waals surface area contributed by atoms with Crippen molar-refractivity contribution < 1.29 is 13.9 Å². The zero-order valence-corrected chi connectivity index (χ0v) is 20.3. The van der Waals surface area contributed by atoms with Crippen molar-refractivity contribution in [2.24, 2.45) is 0 Å². The highest BCUT2D eigenvalue weighted by molar-refractivity contribution is 5.82. The van der Waals surface area contributed by atoms with Gasteiger partial charge in [-0.25, -0.2) is 4.39 Å². The summed E-state index contributed by atoms with van der Waals surface area (Å²) in [6.45, 7) is 6.72. The first-order valence-corrected chi connectivity index (χ1v) is 12.1. The maximum absolute atomic E-state index is 13.2. The molecule has 0 aliphatic carbocycles. The second kappa shape index (κ2) is 12.5. The zero-order chi connectivity index (χ0) is 24.5. The zero-order valence-electron chi connectivity index (χ0n) is 20.3. The number of nitrogens with zero attached hydrogens (tertiary/aromatic N) is 3. The fourth-order valence-corrected chi connectivity index (χ4v) is 4.07. The summed E-state index contributed by atoms with van der Waals surface area (Å²) in [7, 11) is 2.16. The first kappa shape index (κ1) is 25.0. The van der Waals surface area contributed by atoms with Crippen molar-refractivity contribution in [2.75, 3.05) is 52.9 Å². The van der Waals surface area contributed by atoms with Gasteiger partial charge in [0.15, 0.2) is 5.78 Å². The Morgan fingerprint density at radius 3 is 2.51 bits per heavy atom. The van der Waals surface area contributed by atoms with Crippen molar-refractivity contribution in [1.29, 1.82) is 0 Å². The number of aromatic nitrogens is 1. The molecular formula is C28H33FN4O2. The quantitative estimate of drug-likeness (QED) is 0.458. The Morgan fingerprint density at radius 1 is 1.03 bits per heavy atom. The van der Waals surface area contributed by atoms with Gasteiger partial charge in [-0.05, 0) is 48.5 Å². The van der Waals surface area contributed by atoms with Gasteiger partial charge in [0.2, 0.25) is 0 Å². The molecular weight excluding hydrogens is 443 g/mol. The lowest BCUT2D eigenvalue weighted by Crippen LogP contribution is -2.45. The number of ketones is 1. The van der Waals surface area contributed by atoms with Crippen molar-refractivity contribution >= 4 is 5.78 Å². The maximum atomic E-state index is 13.2. The molecule has 4 rings (SSSR count). The fourth-order valence-electron chi connectivity index (χ4n) is 4.07. The third kappa shape index (κ3) is 7.96. The van der Waals surface area contributed by atoms with Gasteiger partial charge in [-0.15, -0.1) is 0 Å². The van der Waals surface area contributed by atoms with Gasteiger partial charge in [0.05, 0.1) is 13.0 Å². The minimum absolute atomic E-state index is 0.0414. The normalized spacial score (nSPS) is 14.7. The molecule has 184 valence electrons. The number of benzene rings is 2. The molecule has 35 heavy (non-hydrogen) atoms. The number of carbonyl (C=O) groups excluding carboxylic acids is 1. The Kier molecular flexibility index (Phi) is 8.95. The van der Waals surface area contributed by atoms with E-state index in [1.54, 1.807) is 12.3 Å². The van der Waals surface area contributed by atoms with Crippen LogP contribution in [0.4, 0.5) is 4.39 Å². The molecule has 2 heterocycles. The third-order valence-electron chi connectivity index (χ3n) is 6.20. The fraction of sp³-hybridized carbons (Fsp3) is 0.357. The van der Waals surface area contributed by atoms with Gasteiger partial charge in [0.25, 0.3) is 0 Å². The number of pyridine rings is 1. The van der Waals surface area contributed by atoms with E-state index < -0.39 is 0 Å². The summed E-state index contributed by atoms with van der Waals surface area (Å²) < 4.78 is 19.1. The summed E-state index contributed by atoms with van der Waals surface area (Å²) in [6, 6.07) is 18.3. The van der Waals surface area contributed by atoms with Crippen LogP contribution >= 0.6 is 0 Å². The van der Waals surface area contributed by atoms with Crippen molar-refractivity contribution in [3.63, 3.8) is 0 Å². The van der Waals surface area contributed by atoms with Gasteiger partial charge in [-0.1, -0.05) is 30.3 Å². The SMILES string of the molecule is CN1CCN(CCOc2ccc(-c3ccc(CC(=O)CNCc4cccc(F)c4)nc3)cc2)CC1. The Balaban J connectivity index is 1.19. The lowest BCUT2D eigenvalue weighted by molar-refractivity contribution is -0.117. The van der Waals surface area contributed by atoms with Gasteiger partial charge in [-0.2, -0.15) is 0 Å². The smallest absolute Gasteiger partial charge is 0.152 e. The summed E-state index contributed by atoms with van der Waals surface area (Å²) in [4.78, 5) is 21.5. The van der Waals surface area contributed by atoms with Crippen LogP contribution in [0.3, 0.4) is 0 Å². The molecule has 0 unspecified atom stereocenters. The lowest BCUT2D eigenvalue weighted by Gasteiger charge is -2.32.